The topological polar surface area (TPSA) is 55.6 Å². The molecule has 3 aliphatic rings. The van der Waals surface area contributed by atoms with Crippen LogP contribution in [0.2, 0.25) is 0 Å². The molecule has 3 rings (SSSR count). The maximum absolute atomic E-state index is 11.8. The Bertz CT molecular complexity index is 270. The zero-order valence-corrected chi connectivity index (χ0v) is 9.69. The lowest BCUT2D eigenvalue weighted by molar-refractivity contribution is -0.0584. The van der Waals surface area contributed by atoms with Crippen LogP contribution < -0.4 is 5.73 Å². The molecular weight excluding hydrogens is 192 g/mol. The first-order valence-corrected chi connectivity index (χ1v) is 5.65. The third-order valence-corrected chi connectivity index (χ3v) is 3.20. The molecule has 0 spiro atoms. The summed E-state index contributed by atoms with van der Waals surface area (Å²) in [6.07, 6.45) is 2.92. The largest absolute Gasteiger partial charge is 0.444 e. The third kappa shape index (κ3) is 1.95. The molecule has 3 atom stereocenters. The molecule has 0 radical (unpaired) electrons. The average molecular weight is 212 g/mol. The van der Waals surface area contributed by atoms with E-state index < -0.39 is 5.60 Å². The molecule has 3 fully saturated rings. The number of carbonyl (C=O) groups excluding carboxylic acids is 1. The minimum absolute atomic E-state index is 0.141. The summed E-state index contributed by atoms with van der Waals surface area (Å²) in [4.78, 5) is 13.7. The molecule has 2 aliphatic heterocycles. The maximum Gasteiger partial charge on any atom is 0.410 e. The number of hydrogen-bond donors (Lipinski definition) is 1. The minimum atomic E-state index is -0.412. The van der Waals surface area contributed by atoms with Gasteiger partial charge in [-0.2, -0.15) is 0 Å². The van der Waals surface area contributed by atoms with Crippen molar-refractivity contribution in [1.29, 1.82) is 0 Å². The van der Waals surface area contributed by atoms with E-state index in [1.807, 2.05) is 25.7 Å². The van der Waals surface area contributed by atoms with Crippen LogP contribution in [0.25, 0.3) is 0 Å². The number of ether oxygens (including phenoxy) is 1. The van der Waals surface area contributed by atoms with Gasteiger partial charge in [0.25, 0.3) is 0 Å². The van der Waals surface area contributed by atoms with Gasteiger partial charge in [-0.1, -0.05) is 0 Å². The predicted octanol–water partition coefficient (Wildman–Crippen LogP) is 1.49. The average Bonchev–Trinajstić information content (AvgIpc) is 1.98. The SMILES string of the molecule is CC(C)(C)OC(=O)N1[C@@H]2CC[C@@H](N)[C@H]1C2. The molecule has 2 saturated heterocycles. The summed E-state index contributed by atoms with van der Waals surface area (Å²) >= 11 is 0. The van der Waals surface area contributed by atoms with Gasteiger partial charge in [-0.15, -0.1) is 0 Å². The first-order valence-electron chi connectivity index (χ1n) is 5.65. The van der Waals surface area contributed by atoms with E-state index in [1.165, 1.54) is 0 Å². The van der Waals surface area contributed by atoms with Crippen LogP contribution in [0, 0.1) is 0 Å². The van der Waals surface area contributed by atoms with Crippen molar-refractivity contribution < 1.29 is 9.53 Å². The number of nitrogens with two attached hydrogens (primary N) is 1. The zero-order valence-electron chi connectivity index (χ0n) is 9.69. The van der Waals surface area contributed by atoms with E-state index in [1.54, 1.807) is 0 Å². The van der Waals surface area contributed by atoms with Crippen LogP contribution in [0.1, 0.15) is 40.0 Å². The van der Waals surface area contributed by atoms with Crippen molar-refractivity contribution in [3.05, 3.63) is 0 Å². The fourth-order valence-electron chi connectivity index (χ4n) is 2.45. The highest BCUT2D eigenvalue weighted by atomic mass is 16.6. The smallest absolute Gasteiger partial charge is 0.410 e. The lowest BCUT2D eigenvalue weighted by Crippen LogP contribution is -2.68. The van der Waals surface area contributed by atoms with Gasteiger partial charge in [0, 0.05) is 12.1 Å². The molecular formula is C11H20N2O2. The van der Waals surface area contributed by atoms with Crippen LogP contribution in [-0.4, -0.2) is 34.7 Å². The van der Waals surface area contributed by atoms with Gasteiger partial charge >= 0.3 is 6.09 Å². The van der Waals surface area contributed by atoms with Crippen molar-refractivity contribution >= 4 is 6.09 Å². The van der Waals surface area contributed by atoms with Crippen molar-refractivity contribution in [2.75, 3.05) is 0 Å². The molecule has 2 N–H and O–H groups in total. The second kappa shape index (κ2) is 3.37. The highest BCUT2D eigenvalue weighted by Crippen LogP contribution is 2.38. The number of carbonyl (C=O) groups is 1. The maximum atomic E-state index is 11.8. The minimum Gasteiger partial charge on any atom is -0.444 e. The third-order valence-electron chi connectivity index (χ3n) is 3.20. The molecule has 1 aliphatic carbocycles. The highest BCUT2D eigenvalue weighted by Gasteiger charge is 2.49. The van der Waals surface area contributed by atoms with E-state index >= 15 is 0 Å². The molecule has 2 heterocycles. The van der Waals surface area contributed by atoms with Gasteiger partial charge in [-0.05, 0) is 40.0 Å². The zero-order chi connectivity index (χ0) is 11.2. The lowest BCUT2D eigenvalue weighted by atomic mass is 9.77. The predicted molar refractivity (Wildman–Crippen MR) is 57.5 cm³/mol. The lowest BCUT2D eigenvalue weighted by Gasteiger charge is -2.55. The van der Waals surface area contributed by atoms with Gasteiger partial charge in [-0.3, -0.25) is 0 Å². The van der Waals surface area contributed by atoms with E-state index in [0.717, 1.165) is 19.3 Å². The number of fused-ring (bicyclic) bond motifs is 2. The number of piperidine rings is 1. The molecule has 0 aromatic heterocycles. The number of amides is 1. The fourth-order valence-corrected chi connectivity index (χ4v) is 2.45. The van der Waals surface area contributed by atoms with Crippen molar-refractivity contribution in [3.63, 3.8) is 0 Å². The van der Waals surface area contributed by atoms with Crippen molar-refractivity contribution in [2.45, 2.75) is 63.8 Å². The van der Waals surface area contributed by atoms with Gasteiger partial charge in [0.15, 0.2) is 0 Å². The standard InChI is InChI=1S/C11H20N2O2/c1-11(2,3)15-10(14)13-7-4-5-8(12)9(13)6-7/h7-9H,4-6,12H2,1-3H3/t7-,8-,9-/m1/s1. The monoisotopic (exact) mass is 212 g/mol. The molecule has 15 heavy (non-hydrogen) atoms. The van der Waals surface area contributed by atoms with Crippen LogP contribution >= 0.6 is 0 Å². The fraction of sp³-hybridized carbons (Fsp3) is 0.909. The van der Waals surface area contributed by atoms with Crippen molar-refractivity contribution in [1.82, 2.24) is 4.90 Å². The molecule has 1 amide bonds. The van der Waals surface area contributed by atoms with Crippen LogP contribution in [0.4, 0.5) is 4.79 Å². The molecule has 1 saturated carbocycles. The summed E-state index contributed by atoms with van der Waals surface area (Å²) in [5.41, 5.74) is 5.55. The van der Waals surface area contributed by atoms with Crippen LogP contribution in [0.3, 0.4) is 0 Å². The Morgan fingerprint density at radius 1 is 1.40 bits per heavy atom. The number of rotatable bonds is 0. The van der Waals surface area contributed by atoms with Crippen molar-refractivity contribution in [2.24, 2.45) is 5.73 Å². The summed E-state index contributed by atoms with van der Waals surface area (Å²) in [5, 5.41) is 0. The first-order chi connectivity index (χ1) is 6.88. The number of hydrogen-bond acceptors (Lipinski definition) is 3. The Morgan fingerprint density at radius 2 is 2.07 bits per heavy atom. The second-order valence-corrected chi connectivity index (χ2v) is 5.59. The number of nitrogens with zero attached hydrogens (tertiary/aromatic N) is 1. The first kappa shape index (κ1) is 10.7. The molecule has 86 valence electrons. The van der Waals surface area contributed by atoms with Crippen LogP contribution in [0.5, 0.6) is 0 Å². The summed E-state index contributed by atoms with van der Waals surface area (Å²) in [6.45, 7) is 5.67. The van der Waals surface area contributed by atoms with E-state index in [9.17, 15) is 4.79 Å². The van der Waals surface area contributed by atoms with Gasteiger partial charge in [0.1, 0.15) is 5.60 Å². The molecule has 0 aromatic carbocycles. The van der Waals surface area contributed by atoms with Crippen LogP contribution in [0.15, 0.2) is 0 Å². The Balaban J connectivity index is 1.98. The summed E-state index contributed by atoms with van der Waals surface area (Å²) in [6, 6.07) is 0.741. The Hall–Kier alpha value is -0.770. The summed E-state index contributed by atoms with van der Waals surface area (Å²) < 4.78 is 5.36. The van der Waals surface area contributed by atoms with E-state index in [2.05, 4.69) is 0 Å². The molecule has 4 heteroatoms. The van der Waals surface area contributed by atoms with Gasteiger partial charge in [-0.25, -0.2) is 4.79 Å². The molecule has 4 nitrogen and oxygen atoms in total. The van der Waals surface area contributed by atoms with Crippen molar-refractivity contribution in [3.8, 4) is 0 Å². The van der Waals surface area contributed by atoms with E-state index in [-0.39, 0.29) is 18.2 Å². The van der Waals surface area contributed by atoms with E-state index in [4.69, 9.17) is 10.5 Å². The molecule has 0 unspecified atom stereocenters. The summed E-state index contributed by atoms with van der Waals surface area (Å²) in [7, 11) is 0. The summed E-state index contributed by atoms with van der Waals surface area (Å²) in [5.74, 6) is 0. The van der Waals surface area contributed by atoms with E-state index in [0.29, 0.717) is 6.04 Å². The van der Waals surface area contributed by atoms with Crippen LogP contribution in [-0.2, 0) is 4.74 Å². The molecule has 0 aromatic rings. The molecule has 2 bridgehead atoms. The Kier molecular flexibility index (Phi) is 2.41. The van der Waals surface area contributed by atoms with Gasteiger partial charge in [0.2, 0.25) is 0 Å². The second-order valence-electron chi connectivity index (χ2n) is 5.59. The van der Waals surface area contributed by atoms with Gasteiger partial charge in [0.05, 0.1) is 6.04 Å². The quantitative estimate of drug-likeness (QED) is 0.661. The Morgan fingerprint density at radius 3 is 2.53 bits per heavy atom. The normalized spacial score (nSPS) is 34.7. The highest BCUT2D eigenvalue weighted by molar-refractivity contribution is 5.70. The Labute approximate surface area is 90.8 Å². The van der Waals surface area contributed by atoms with Gasteiger partial charge < -0.3 is 15.4 Å².